The second-order valence-corrected chi connectivity index (χ2v) is 7.95. The second-order valence-electron chi connectivity index (χ2n) is 7.51. The molecule has 0 spiro atoms. The molecule has 0 bridgehead atoms. The summed E-state index contributed by atoms with van der Waals surface area (Å²) in [5.41, 5.74) is 3.67. The molecule has 1 fully saturated rings. The van der Waals surface area contributed by atoms with Crippen molar-refractivity contribution in [2.24, 2.45) is 0 Å². The van der Waals surface area contributed by atoms with Gasteiger partial charge in [0.15, 0.2) is 5.76 Å². The zero-order chi connectivity index (χ0) is 19.8. The molecule has 1 N–H and O–H groups in total. The van der Waals surface area contributed by atoms with E-state index in [0.29, 0.717) is 5.02 Å². The Hall–Kier alpha value is -2.83. The van der Waals surface area contributed by atoms with Gasteiger partial charge in [-0.2, -0.15) is 0 Å². The van der Waals surface area contributed by atoms with Gasteiger partial charge < -0.3 is 9.51 Å². The van der Waals surface area contributed by atoms with Crippen LogP contribution in [0.3, 0.4) is 0 Å². The summed E-state index contributed by atoms with van der Waals surface area (Å²) in [6, 6.07) is 17.7. The highest BCUT2D eigenvalue weighted by Gasteiger charge is 2.24. The number of aromatic nitrogens is 3. The van der Waals surface area contributed by atoms with Crippen molar-refractivity contribution in [2.75, 3.05) is 13.1 Å². The lowest BCUT2D eigenvalue weighted by Crippen LogP contribution is -2.36. The lowest BCUT2D eigenvalue weighted by Gasteiger charge is -2.31. The van der Waals surface area contributed by atoms with Gasteiger partial charge >= 0.3 is 5.69 Å². The van der Waals surface area contributed by atoms with Crippen LogP contribution in [-0.4, -0.2) is 32.7 Å². The molecule has 0 aliphatic carbocycles. The first-order valence-electron chi connectivity index (χ1n) is 9.80. The third kappa shape index (κ3) is 3.61. The number of para-hydroxylation sites is 2. The number of nitrogens with zero attached hydrogens (tertiary/aromatic N) is 3. The summed E-state index contributed by atoms with van der Waals surface area (Å²) in [5.74, 6) is 0.845. The van der Waals surface area contributed by atoms with Gasteiger partial charge in [0.2, 0.25) is 0 Å². The number of H-pyrrole nitrogens is 1. The number of hydrogen-bond acceptors (Lipinski definition) is 4. The summed E-state index contributed by atoms with van der Waals surface area (Å²) in [4.78, 5) is 17.7. The maximum absolute atomic E-state index is 12.4. The van der Waals surface area contributed by atoms with E-state index in [9.17, 15) is 4.79 Å². The molecule has 0 unspecified atom stereocenters. The monoisotopic (exact) mass is 408 g/mol. The average molecular weight is 409 g/mol. The van der Waals surface area contributed by atoms with Crippen LogP contribution in [0, 0.1) is 0 Å². The van der Waals surface area contributed by atoms with Crippen LogP contribution < -0.4 is 5.69 Å². The molecule has 148 valence electrons. The summed E-state index contributed by atoms with van der Waals surface area (Å²) in [7, 11) is 0. The van der Waals surface area contributed by atoms with Gasteiger partial charge in [-0.25, -0.2) is 4.79 Å². The molecule has 29 heavy (non-hydrogen) atoms. The van der Waals surface area contributed by atoms with Gasteiger partial charge in [-0.3, -0.25) is 9.47 Å². The van der Waals surface area contributed by atoms with Crippen LogP contribution in [0.1, 0.15) is 24.6 Å². The van der Waals surface area contributed by atoms with Crippen molar-refractivity contribution >= 4 is 22.6 Å². The molecule has 0 saturated carbocycles. The first-order valence-corrected chi connectivity index (χ1v) is 10.2. The number of imidazole rings is 1. The Bertz CT molecular complexity index is 1180. The van der Waals surface area contributed by atoms with E-state index in [4.69, 9.17) is 16.1 Å². The first-order chi connectivity index (χ1) is 14.2. The number of likely N-dealkylation sites (tertiary alicyclic amines) is 1. The molecule has 2 aromatic heterocycles. The zero-order valence-electron chi connectivity index (χ0n) is 15.8. The Morgan fingerprint density at radius 2 is 1.86 bits per heavy atom. The molecule has 0 atom stereocenters. The maximum atomic E-state index is 12.4. The summed E-state index contributed by atoms with van der Waals surface area (Å²) in [5, 5.41) is 4.89. The number of nitrogens with one attached hydrogen (secondary N) is 1. The number of benzene rings is 2. The van der Waals surface area contributed by atoms with E-state index in [1.165, 1.54) is 0 Å². The Balaban J connectivity index is 1.25. The SMILES string of the molecule is O=c1[nH]c2ccccc2n1C1CCN(Cc2cc(-c3ccc(Cl)cc3)no2)CC1. The lowest BCUT2D eigenvalue weighted by atomic mass is 10.0. The summed E-state index contributed by atoms with van der Waals surface area (Å²) >= 11 is 5.95. The van der Waals surface area contributed by atoms with Crippen LogP contribution in [0.15, 0.2) is 63.9 Å². The van der Waals surface area contributed by atoms with Gasteiger partial charge in [0.05, 0.1) is 17.6 Å². The summed E-state index contributed by atoms with van der Waals surface area (Å²) in [6.07, 6.45) is 1.86. The van der Waals surface area contributed by atoms with E-state index in [0.717, 1.165) is 60.5 Å². The Morgan fingerprint density at radius 1 is 1.10 bits per heavy atom. The highest BCUT2D eigenvalue weighted by Crippen LogP contribution is 2.27. The Labute approximate surface area is 172 Å². The molecule has 4 aromatic rings. The smallest absolute Gasteiger partial charge is 0.326 e. The molecule has 1 aliphatic heterocycles. The molecule has 5 rings (SSSR count). The quantitative estimate of drug-likeness (QED) is 0.540. The van der Waals surface area contributed by atoms with Crippen molar-refractivity contribution in [2.45, 2.75) is 25.4 Å². The number of rotatable bonds is 4. The van der Waals surface area contributed by atoms with Crippen LogP contribution in [0.4, 0.5) is 0 Å². The number of hydrogen-bond donors (Lipinski definition) is 1. The molecule has 0 amide bonds. The predicted molar refractivity (Wildman–Crippen MR) is 113 cm³/mol. The van der Waals surface area contributed by atoms with Crippen molar-refractivity contribution in [3.8, 4) is 11.3 Å². The van der Waals surface area contributed by atoms with Gasteiger partial charge in [0, 0.05) is 35.8 Å². The van der Waals surface area contributed by atoms with Crippen LogP contribution in [0.2, 0.25) is 5.02 Å². The van der Waals surface area contributed by atoms with E-state index < -0.39 is 0 Å². The highest BCUT2D eigenvalue weighted by molar-refractivity contribution is 6.30. The van der Waals surface area contributed by atoms with E-state index in [-0.39, 0.29) is 11.7 Å². The molecule has 0 radical (unpaired) electrons. The van der Waals surface area contributed by atoms with Crippen molar-refractivity contribution < 1.29 is 4.52 Å². The molecule has 7 heteroatoms. The Kier molecular flexibility index (Phi) is 4.73. The van der Waals surface area contributed by atoms with Crippen LogP contribution in [-0.2, 0) is 6.54 Å². The van der Waals surface area contributed by atoms with Gasteiger partial charge in [0.25, 0.3) is 0 Å². The fourth-order valence-corrected chi connectivity index (χ4v) is 4.26. The first kappa shape index (κ1) is 18.2. The van der Waals surface area contributed by atoms with Crippen molar-refractivity contribution in [1.29, 1.82) is 0 Å². The zero-order valence-corrected chi connectivity index (χ0v) is 16.6. The predicted octanol–water partition coefficient (Wildman–Crippen LogP) is 4.48. The minimum atomic E-state index is -0.0208. The van der Waals surface area contributed by atoms with Gasteiger partial charge in [-0.05, 0) is 37.1 Å². The number of piperidine rings is 1. The largest absolute Gasteiger partial charge is 0.359 e. The fourth-order valence-electron chi connectivity index (χ4n) is 4.14. The summed E-state index contributed by atoms with van der Waals surface area (Å²) < 4.78 is 7.46. The number of halogens is 1. The maximum Gasteiger partial charge on any atom is 0.326 e. The highest BCUT2D eigenvalue weighted by atomic mass is 35.5. The average Bonchev–Trinajstić information content (AvgIpc) is 3.33. The third-order valence-electron chi connectivity index (χ3n) is 5.62. The molecule has 1 saturated heterocycles. The van der Waals surface area contributed by atoms with Gasteiger partial charge in [-0.1, -0.05) is 41.0 Å². The number of aromatic amines is 1. The molecular weight excluding hydrogens is 388 g/mol. The van der Waals surface area contributed by atoms with E-state index in [1.54, 1.807) is 0 Å². The number of fused-ring (bicyclic) bond motifs is 1. The third-order valence-corrected chi connectivity index (χ3v) is 5.88. The molecule has 3 heterocycles. The van der Waals surface area contributed by atoms with E-state index in [2.05, 4.69) is 15.0 Å². The van der Waals surface area contributed by atoms with Gasteiger partial charge in [0.1, 0.15) is 5.69 Å². The van der Waals surface area contributed by atoms with Crippen LogP contribution >= 0.6 is 11.6 Å². The molecule has 6 nitrogen and oxygen atoms in total. The fraction of sp³-hybridized carbons (Fsp3) is 0.273. The normalized spacial score (nSPS) is 15.9. The standard InChI is InChI=1S/C22H21ClN4O2/c23-16-7-5-15(6-8-16)20-13-18(29-25-20)14-26-11-9-17(10-12-26)27-21-4-2-1-3-19(21)24-22(27)28/h1-8,13,17H,9-12,14H2,(H,24,28). The molecule has 1 aliphatic rings. The molecule has 2 aromatic carbocycles. The minimum Gasteiger partial charge on any atom is -0.359 e. The van der Waals surface area contributed by atoms with E-state index >= 15 is 0 Å². The molecular formula is C22H21ClN4O2. The Morgan fingerprint density at radius 3 is 2.66 bits per heavy atom. The van der Waals surface area contributed by atoms with Crippen LogP contribution in [0.25, 0.3) is 22.3 Å². The van der Waals surface area contributed by atoms with Gasteiger partial charge in [-0.15, -0.1) is 0 Å². The lowest BCUT2D eigenvalue weighted by molar-refractivity contribution is 0.164. The summed E-state index contributed by atoms with van der Waals surface area (Å²) in [6.45, 7) is 2.54. The van der Waals surface area contributed by atoms with Crippen molar-refractivity contribution in [1.82, 2.24) is 19.6 Å². The second kappa shape index (κ2) is 7.54. The topological polar surface area (TPSA) is 67.1 Å². The van der Waals surface area contributed by atoms with Crippen molar-refractivity contribution in [3.63, 3.8) is 0 Å². The van der Waals surface area contributed by atoms with E-state index in [1.807, 2.05) is 59.2 Å². The van der Waals surface area contributed by atoms with Crippen LogP contribution in [0.5, 0.6) is 0 Å². The minimum absolute atomic E-state index is 0.0208. The van der Waals surface area contributed by atoms with Crippen molar-refractivity contribution in [3.05, 3.63) is 75.9 Å².